The number of methoxy groups -OCH3 is 1. The van der Waals surface area contributed by atoms with E-state index in [4.69, 9.17) is 4.74 Å². The first-order valence-electron chi connectivity index (χ1n) is 11.5. The highest BCUT2D eigenvalue weighted by Crippen LogP contribution is 2.42. The van der Waals surface area contributed by atoms with Crippen molar-refractivity contribution in [1.82, 2.24) is 9.88 Å². The van der Waals surface area contributed by atoms with Crippen LogP contribution in [0.5, 0.6) is 5.75 Å². The Morgan fingerprint density at radius 1 is 1.15 bits per heavy atom. The van der Waals surface area contributed by atoms with Gasteiger partial charge in [0.05, 0.1) is 24.3 Å². The summed E-state index contributed by atoms with van der Waals surface area (Å²) in [6, 6.07) is 12.9. The van der Waals surface area contributed by atoms with Gasteiger partial charge in [-0.1, -0.05) is 24.3 Å². The maximum atomic E-state index is 12.8. The Balaban J connectivity index is 1.31. The summed E-state index contributed by atoms with van der Waals surface area (Å²) < 4.78 is 43.7. The van der Waals surface area contributed by atoms with Gasteiger partial charge in [-0.2, -0.15) is 13.2 Å². The van der Waals surface area contributed by atoms with Gasteiger partial charge in [0.2, 0.25) is 0 Å². The summed E-state index contributed by atoms with van der Waals surface area (Å²) in [4.78, 5) is 6.77. The van der Waals surface area contributed by atoms with Gasteiger partial charge in [0.15, 0.2) is 0 Å². The van der Waals surface area contributed by atoms with E-state index in [1.807, 2.05) is 30.3 Å². The van der Waals surface area contributed by atoms with E-state index in [1.165, 1.54) is 12.1 Å². The van der Waals surface area contributed by atoms with E-state index in [0.29, 0.717) is 11.8 Å². The Hall–Kier alpha value is -2.90. The molecule has 0 aliphatic carbocycles. The predicted molar refractivity (Wildman–Crippen MR) is 125 cm³/mol. The van der Waals surface area contributed by atoms with E-state index in [9.17, 15) is 18.3 Å². The van der Waals surface area contributed by atoms with Crippen LogP contribution in [0.4, 0.5) is 13.2 Å². The summed E-state index contributed by atoms with van der Waals surface area (Å²) >= 11 is 0. The smallest absolute Gasteiger partial charge is 0.416 e. The summed E-state index contributed by atoms with van der Waals surface area (Å²) in [5, 5.41) is 12.3. The molecule has 3 aliphatic rings. The molecule has 4 unspecified atom stereocenters. The van der Waals surface area contributed by atoms with Crippen molar-refractivity contribution in [2.75, 3.05) is 20.2 Å². The summed E-state index contributed by atoms with van der Waals surface area (Å²) in [7, 11) is 1.62. The zero-order chi connectivity index (χ0) is 23.9. The van der Waals surface area contributed by atoms with Crippen LogP contribution in [-0.2, 0) is 6.18 Å². The fourth-order valence-electron chi connectivity index (χ4n) is 5.41. The molecule has 0 amide bonds. The number of ether oxygens (including phenoxy) is 1. The summed E-state index contributed by atoms with van der Waals surface area (Å²) in [5.74, 6) is 1.47. The number of rotatable bonds is 5. The molecule has 3 fully saturated rings. The van der Waals surface area contributed by atoms with Gasteiger partial charge in [-0.05, 0) is 78.7 Å². The number of halogens is 3. The highest BCUT2D eigenvalue weighted by Gasteiger charge is 2.42. The third-order valence-electron chi connectivity index (χ3n) is 7.29. The lowest BCUT2D eigenvalue weighted by atomic mass is 9.73. The molecule has 1 N–H and O–H groups in total. The second-order valence-corrected chi connectivity index (χ2v) is 9.22. The van der Waals surface area contributed by atoms with E-state index < -0.39 is 17.8 Å². The van der Waals surface area contributed by atoms with Gasteiger partial charge < -0.3 is 9.84 Å². The minimum atomic E-state index is -4.32. The minimum absolute atomic E-state index is 0.0197. The van der Waals surface area contributed by atoms with Crippen molar-refractivity contribution < 1.29 is 23.0 Å². The molecule has 2 bridgehead atoms. The monoisotopic (exact) mass is 468 g/mol. The second kappa shape index (κ2) is 9.04. The molecule has 7 heteroatoms. The number of hydrogen-bond acceptors (Lipinski definition) is 4. The topological polar surface area (TPSA) is 45.6 Å². The number of fused-ring (bicyclic) bond motifs is 4. The largest absolute Gasteiger partial charge is 0.497 e. The van der Waals surface area contributed by atoms with Crippen molar-refractivity contribution in [3.05, 3.63) is 77.5 Å². The fraction of sp³-hybridized carbons (Fsp3) is 0.370. The lowest BCUT2D eigenvalue weighted by molar-refractivity contribution is -0.137. The number of benzene rings is 2. The quantitative estimate of drug-likeness (QED) is 0.520. The van der Waals surface area contributed by atoms with E-state index in [2.05, 4.69) is 16.0 Å². The molecule has 5 atom stereocenters. The molecule has 4 nitrogen and oxygen atoms in total. The summed E-state index contributed by atoms with van der Waals surface area (Å²) in [6.07, 6.45) is 2.74. The molecule has 3 aromatic rings. The average molecular weight is 469 g/mol. The van der Waals surface area contributed by atoms with Crippen molar-refractivity contribution in [2.45, 2.75) is 31.2 Å². The Labute approximate surface area is 196 Å². The van der Waals surface area contributed by atoms with Crippen LogP contribution in [0.15, 0.2) is 60.8 Å². The Bertz CT molecular complexity index is 1190. The van der Waals surface area contributed by atoms with E-state index in [-0.39, 0.29) is 6.04 Å². The zero-order valence-electron chi connectivity index (χ0n) is 18.9. The highest BCUT2D eigenvalue weighted by atomic mass is 19.4. The number of aliphatic hydroxyl groups is 1. The molecule has 0 saturated carbocycles. The molecular formula is C27H27F3N2O2. The van der Waals surface area contributed by atoms with Gasteiger partial charge in [-0.3, -0.25) is 9.88 Å². The first-order chi connectivity index (χ1) is 16.3. The second-order valence-electron chi connectivity index (χ2n) is 9.22. The molecule has 0 spiro atoms. The van der Waals surface area contributed by atoms with Crippen LogP contribution < -0.4 is 4.74 Å². The normalized spacial score (nSPS) is 25.7. The minimum Gasteiger partial charge on any atom is -0.497 e. The molecular weight excluding hydrogens is 441 g/mol. The van der Waals surface area contributed by atoms with Gasteiger partial charge in [0.1, 0.15) is 5.75 Å². The molecule has 3 saturated heterocycles. The van der Waals surface area contributed by atoms with Crippen molar-refractivity contribution >= 4 is 17.0 Å². The molecule has 34 heavy (non-hydrogen) atoms. The molecule has 6 rings (SSSR count). The van der Waals surface area contributed by atoms with Gasteiger partial charge in [0, 0.05) is 24.2 Å². The van der Waals surface area contributed by atoms with Gasteiger partial charge in [-0.25, -0.2) is 0 Å². The molecule has 178 valence electrons. The van der Waals surface area contributed by atoms with E-state index >= 15 is 0 Å². The van der Waals surface area contributed by atoms with Crippen LogP contribution in [0, 0.1) is 11.8 Å². The number of hydrogen-bond donors (Lipinski definition) is 1. The van der Waals surface area contributed by atoms with Crippen LogP contribution in [0.1, 0.15) is 35.6 Å². The fourth-order valence-corrected chi connectivity index (χ4v) is 5.41. The number of aromatic nitrogens is 1. The van der Waals surface area contributed by atoms with Crippen LogP contribution in [-0.4, -0.2) is 41.2 Å². The Kier molecular flexibility index (Phi) is 6.08. The van der Waals surface area contributed by atoms with Crippen LogP contribution in [0.3, 0.4) is 0 Å². The van der Waals surface area contributed by atoms with E-state index in [1.54, 1.807) is 13.3 Å². The first kappa shape index (κ1) is 22.9. The Morgan fingerprint density at radius 3 is 2.62 bits per heavy atom. The zero-order valence-corrected chi connectivity index (χ0v) is 18.9. The maximum Gasteiger partial charge on any atom is 0.416 e. The van der Waals surface area contributed by atoms with Crippen LogP contribution in [0.2, 0.25) is 0 Å². The van der Waals surface area contributed by atoms with Crippen LogP contribution in [0.25, 0.3) is 17.0 Å². The third kappa shape index (κ3) is 4.42. The first-order valence-corrected chi connectivity index (χ1v) is 11.5. The van der Waals surface area contributed by atoms with Gasteiger partial charge >= 0.3 is 6.18 Å². The van der Waals surface area contributed by atoms with Crippen LogP contribution >= 0.6 is 0 Å². The van der Waals surface area contributed by atoms with E-state index in [0.717, 1.165) is 65.8 Å². The molecule has 0 radical (unpaired) electrons. The SMILES string of the molecule is COc1ccc2nccc([C@@H](O)C3CC4CCN3CC4/C=C/c3ccc(C(F)(F)F)cc3)c2c1. The van der Waals surface area contributed by atoms with Gasteiger partial charge in [0.25, 0.3) is 0 Å². The molecule has 3 aliphatic heterocycles. The highest BCUT2D eigenvalue weighted by molar-refractivity contribution is 5.84. The molecule has 4 heterocycles. The third-order valence-corrected chi connectivity index (χ3v) is 7.29. The lowest BCUT2D eigenvalue weighted by Gasteiger charge is -2.50. The average Bonchev–Trinajstić information content (AvgIpc) is 2.86. The lowest BCUT2D eigenvalue weighted by Crippen LogP contribution is -2.54. The number of aliphatic hydroxyl groups excluding tert-OH is 1. The molecule has 1 aromatic heterocycles. The summed E-state index contributed by atoms with van der Waals surface area (Å²) in [5.41, 5.74) is 1.81. The van der Waals surface area contributed by atoms with Crippen molar-refractivity contribution in [3.8, 4) is 5.75 Å². The Morgan fingerprint density at radius 2 is 1.94 bits per heavy atom. The van der Waals surface area contributed by atoms with Crippen molar-refractivity contribution in [3.63, 3.8) is 0 Å². The number of nitrogens with zero attached hydrogens (tertiary/aromatic N) is 2. The number of piperidine rings is 3. The van der Waals surface area contributed by atoms with Crippen molar-refractivity contribution in [2.24, 2.45) is 11.8 Å². The summed E-state index contributed by atoms with van der Waals surface area (Å²) in [6.45, 7) is 1.76. The number of pyridine rings is 1. The van der Waals surface area contributed by atoms with Crippen molar-refractivity contribution in [1.29, 1.82) is 0 Å². The standard InChI is InChI=1S/C27H27F3N2O2/c1-34-21-8-9-24-23(15-21)22(10-12-31-24)26(33)25-14-18-11-13-32(25)16-19(18)5-2-17-3-6-20(7-4-17)27(28,29)30/h2-10,12,15,18-19,25-26,33H,11,13-14,16H2,1H3/b5-2+/t18?,19?,25?,26-/m1/s1. The number of alkyl halides is 3. The maximum absolute atomic E-state index is 12.8. The molecule has 2 aromatic carbocycles. The predicted octanol–water partition coefficient (Wildman–Crippen LogP) is 5.72. The van der Waals surface area contributed by atoms with Gasteiger partial charge in [-0.15, -0.1) is 0 Å².